The summed E-state index contributed by atoms with van der Waals surface area (Å²) < 4.78 is 5.80. The number of hydrogen-bond donors (Lipinski definition) is 1. The number of ether oxygens (including phenoxy) is 1. The quantitative estimate of drug-likeness (QED) is 0.371. The zero-order valence-corrected chi connectivity index (χ0v) is 18.4. The number of thiocarbonyl (C=S) groups is 1. The van der Waals surface area contributed by atoms with E-state index in [0.717, 1.165) is 21.9 Å². The van der Waals surface area contributed by atoms with Gasteiger partial charge < -0.3 is 4.74 Å². The Balaban J connectivity index is 1.88. The van der Waals surface area contributed by atoms with Crippen molar-refractivity contribution < 1.29 is 14.3 Å². The summed E-state index contributed by atoms with van der Waals surface area (Å²) in [6, 6.07) is 17.4. The third kappa shape index (κ3) is 3.82. The van der Waals surface area contributed by atoms with E-state index in [4.69, 9.17) is 17.0 Å². The molecule has 3 aromatic rings. The fraction of sp³-hybridized carbons (Fsp3) is 0.160. The SMILES string of the molecule is CCOc1ccc2ccccc2c1/C=C1\C(=O)NC(=S)N(c2cc(C)ccc2C)C1=O. The van der Waals surface area contributed by atoms with Crippen LogP contribution in [0.25, 0.3) is 16.8 Å². The zero-order valence-electron chi connectivity index (χ0n) is 17.6. The van der Waals surface area contributed by atoms with Crippen LogP contribution in [0.15, 0.2) is 60.2 Å². The number of benzene rings is 3. The Morgan fingerprint density at radius 3 is 2.61 bits per heavy atom. The van der Waals surface area contributed by atoms with Gasteiger partial charge in [-0.25, -0.2) is 0 Å². The molecule has 0 aromatic heterocycles. The molecule has 0 radical (unpaired) electrons. The highest BCUT2D eigenvalue weighted by molar-refractivity contribution is 7.80. The number of carbonyl (C=O) groups is 2. The number of carbonyl (C=O) groups excluding carboxylic acids is 2. The smallest absolute Gasteiger partial charge is 0.270 e. The van der Waals surface area contributed by atoms with Gasteiger partial charge in [-0.05, 0) is 73.1 Å². The Kier molecular flexibility index (Phi) is 5.57. The maximum atomic E-state index is 13.5. The van der Waals surface area contributed by atoms with Crippen molar-refractivity contribution in [3.8, 4) is 5.75 Å². The number of nitrogens with one attached hydrogen (secondary N) is 1. The lowest BCUT2D eigenvalue weighted by atomic mass is 9.99. The molecule has 2 amide bonds. The van der Waals surface area contributed by atoms with Gasteiger partial charge in [-0.15, -0.1) is 0 Å². The summed E-state index contributed by atoms with van der Waals surface area (Å²) in [5, 5.41) is 4.62. The molecule has 1 heterocycles. The normalized spacial score (nSPS) is 15.5. The van der Waals surface area contributed by atoms with E-state index in [0.29, 0.717) is 23.6 Å². The first-order chi connectivity index (χ1) is 14.9. The van der Waals surface area contributed by atoms with Crippen LogP contribution in [0.1, 0.15) is 23.6 Å². The third-order valence-electron chi connectivity index (χ3n) is 5.23. The number of rotatable bonds is 4. The zero-order chi connectivity index (χ0) is 22.1. The van der Waals surface area contributed by atoms with Crippen molar-refractivity contribution in [2.45, 2.75) is 20.8 Å². The molecular weight excluding hydrogens is 408 g/mol. The lowest BCUT2D eigenvalue weighted by molar-refractivity contribution is -0.122. The second-order valence-corrected chi connectivity index (χ2v) is 7.77. The first-order valence-electron chi connectivity index (χ1n) is 10.0. The van der Waals surface area contributed by atoms with E-state index in [1.807, 2.05) is 75.4 Å². The molecule has 0 atom stereocenters. The number of amides is 2. The summed E-state index contributed by atoms with van der Waals surface area (Å²) in [4.78, 5) is 27.7. The van der Waals surface area contributed by atoms with Crippen LogP contribution in [0.2, 0.25) is 0 Å². The third-order valence-corrected chi connectivity index (χ3v) is 5.51. The molecule has 0 aliphatic carbocycles. The molecule has 0 unspecified atom stereocenters. The Bertz CT molecular complexity index is 1260. The molecule has 3 aromatic carbocycles. The van der Waals surface area contributed by atoms with Crippen LogP contribution in [0.5, 0.6) is 5.75 Å². The van der Waals surface area contributed by atoms with Gasteiger partial charge in [0.2, 0.25) is 0 Å². The first-order valence-corrected chi connectivity index (χ1v) is 10.4. The second-order valence-electron chi connectivity index (χ2n) is 7.38. The fourth-order valence-corrected chi connectivity index (χ4v) is 3.96. The number of aryl methyl sites for hydroxylation is 2. The average molecular weight is 431 g/mol. The van der Waals surface area contributed by atoms with Gasteiger partial charge in [0.15, 0.2) is 5.11 Å². The van der Waals surface area contributed by atoms with Gasteiger partial charge in [0.1, 0.15) is 11.3 Å². The van der Waals surface area contributed by atoms with Crippen molar-refractivity contribution in [2.75, 3.05) is 11.5 Å². The molecular formula is C25H22N2O3S. The highest BCUT2D eigenvalue weighted by Crippen LogP contribution is 2.32. The predicted molar refractivity (Wildman–Crippen MR) is 127 cm³/mol. The largest absolute Gasteiger partial charge is 0.493 e. The van der Waals surface area contributed by atoms with Crippen molar-refractivity contribution in [1.29, 1.82) is 0 Å². The molecule has 1 saturated heterocycles. The number of anilines is 1. The molecule has 6 heteroatoms. The summed E-state index contributed by atoms with van der Waals surface area (Å²) >= 11 is 5.35. The number of nitrogens with zero attached hydrogens (tertiary/aromatic N) is 1. The second kappa shape index (κ2) is 8.32. The Hall–Kier alpha value is -3.51. The molecule has 0 bridgehead atoms. The van der Waals surface area contributed by atoms with Crippen molar-refractivity contribution in [1.82, 2.24) is 5.32 Å². The average Bonchev–Trinajstić information content (AvgIpc) is 2.74. The van der Waals surface area contributed by atoms with E-state index in [2.05, 4.69) is 5.32 Å². The lowest BCUT2D eigenvalue weighted by Crippen LogP contribution is -2.54. The Labute approximate surface area is 186 Å². The summed E-state index contributed by atoms with van der Waals surface area (Å²) in [7, 11) is 0. The van der Waals surface area contributed by atoms with E-state index >= 15 is 0 Å². The molecule has 1 fully saturated rings. The standard InChI is InChI=1S/C25H22N2O3S/c1-4-30-22-12-11-17-7-5-6-8-18(17)19(22)14-20-23(28)26-25(31)27(24(20)29)21-13-15(2)9-10-16(21)3/h5-14H,4H2,1-3H3,(H,26,28,31)/b20-14+. The summed E-state index contributed by atoms with van der Waals surface area (Å²) in [5.41, 5.74) is 3.23. The molecule has 1 aliphatic rings. The van der Waals surface area contributed by atoms with Crippen molar-refractivity contribution in [3.63, 3.8) is 0 Å². The van der Waals surface area contributed by atoms with Crippen LogP contribution in [0, 0.1) is 13.8 Å². The summed E-state index contributed by atoms with van der Waals surface area (Å²) in [6.07, 6.45) is 1.60. The van der Waals surface area contributed by atoms with E-state index < -0.39 is 11.8 Å². The minimum Gasteiger partial charge on any atom is -0.493 e. The van der Waals surface area contributed by atoms with Crippen LogP contribution >= 0.6 is 12.2 Å². The van der Waals surface area contributed by atoms with Crippen LogP contribution < -0.4 is 15.0 Å². The lowest BCUT2D eigenvalue weighted by Gasteiger charge is -2.30. The van der Waals surface area contributed by atoms with Gasteiger partial charge in [-0.3, -0.25) is 19.8 Å². The summed E-state index contributed by atoms with van der Waals surface area (Å²) in [5.74, 6) is -0.370. The fourth-order valence-electron chi connectivity index (χ4n) is 3.69. The molecule has 1 N–H and O–H groups in total. The highest BCUT2D eigenvalue weighted by Gasteiger charge is 2.35. The number of hydrogen-bond acceptors (Lipinski definition) is 4. The minimum atomic E-state index is -0.521. The molecule has 156 valence electrons. The maximum Gasteiger partial charge on any atom is 0.270 e. The van der Waals surface area contributed by atoms with E-state index in [-0.39, 0.29) is 10.7 Å². The topological polar surface area (TPSA) is 58.6 Å². The van der Waals surface area contributed by atoms with Gasteiger partial charge in [0.25, 0.3) is 11.8 Å². The van der Waals surface area contributed by atoms with Crippen molar-refractivity contribution >= 4 is 51.7 Å². The molecule has 0 spiro atoms. The van der Waals surface area contributed by atoms with Crippen molar-refractivity contribution in [3.05, 3.63) is 76.9 Å². The Morgan fingerprint density at radius 2 is 1.84 bits per heavy atom. The van der Waals surface area contributed by atoms with Crippen LogP contribution in [-0.4, -0.2) is 23.5 Å². The molecule has 4 rings (SSSR count). The predicted octanol–water partition coefficient (Wildman–Crippen LogP) is 4.69. The Morgan fingerprint density at radius 1 is 1.06 bits per heavy atom. The van der Waals surface area contributed by atoms with Gasteiger partial charge in [0.05, 0.1) is 12.3 Å². The van der Waals surface area contributed by atoms with Crippen LogP contribution in [-0.2, 0) is 9.59 Å². The molecule has 5 nitrogen and oxygen atoms in total. The molecule has 0 saturated carbocycles. The molecule has 1 aliphatic heterocycles. The van der Waals surface area contributed by atoms with Crippen LogP contribution in [0.4, 0.5) is 5.69 Å². The minimum absolute atomic E-state index is 0.00631. The highest BCUT2D eigenvalue weighted by atomic mass is 32.1. The van der Waals surface area contributed by atoms with Crippen LogP contribution in [0.3, 0.4) is 0 Å². The van der Waals surface area contributed by atoms with Gasteiger partial charge >= 0.3 is 0 Å². The van der Waals surface area contributed by atoms with Gasteiger partial charge in [-0.2, -0.15) is 0 Å². The van der Waals surface area contributed by atoms with E-state index in [1.54, 1.807) is 6.08 Å². The van der Waals surface area contributed by atoms with E-state index in [1.165, 1.54) is 4.90 Å². The molecule has 31 heavy (non-hydrogen) atoms. The van der Waals surface area contributed by atoms with Gasteiger partial charge in [-0.1, -0.05) is 42.5 Å². The summed E-state index contributed by atoms with van der Waals surface area (Å²) in [6.45, 7) is 6.21. The van der Waals surface area contributed by atoms with Crippen molar-refractivity contribution in [2.24, 2.45) is 0 Å². The first kappa shape index (κ1) is 20.8. The monoisotopic (exact) mass is 430 g/mol. The number of fused-ring (bicyclic) bond motifs is 1. The van der Waals surface area contributed by atoms with Gasteiger partial charge in [0, 0.05) is 5.56 Å². The van der Waals surface area contributed by atoms with E-state index in [9.17, 15) is 9.59 Å². The maximum absolute atomic E-state index is 13.5.